The Hall–Kier alpha value is -4.34. The minimum atomic E-state index is -2.98. The largest absolute Gasteiger partial charge is 0.497 e. The van der Waals surface area contributed by atoms with Crippen LogP contribution in [0, 0.1) is 0 Å². The van der Waals surface area contributed by atoms with Gasteiger partial charge in [0, 0.05) is 42.0 Å². The molecule has 4 aromatic rings. The van der Waals surface area contributed by atoms with Crippen LogP contribution in [0.15, 0.2) is 71.5 Å². The summed E-state index contributed by atoms with van der Waals surface area (Å²) in [7, 11) is 1.53. The molecule has 0 aliphatic rings. The first kappa shape index (κ1) is 22.8. The van der Waals surface area contributed by atoms with Crippen LogP contribution in [-0.2, 0) is 11.2 Å². The lowest BCUT2D eigenvalue weighted by molar-refractivity contribution is -0.116. The molecule has 0 fully saturated rings. The second-order valence-corrected chi connectivity index (χ2v) is 7.11. The molecule has 0 aliphatic heterocycles. The van der Waals surface area contributed by atoms with E-state index in [4.69, 9.17) is 9.26 Å². The summed E-state index contributed by atoms with van der Waals surface area (Å²) in [4.78, 5) is 20.7. The van der Waals surface area contributed by atoms with Gasteiger partial charge in [0.05, 0.1) is 7.11 Å². The van der Waals surface area contributed by atoms with E-state index >= 15 is 0 Å². The number of aromatic nitrogens is 3. The second-order valence-electron chi connectivity index (χ2n) is 7.11. The molecule has 0 aliphatic carbocycles. The van der Waals surface area contributed by atoms with Crippen molar-refractivity contribution >= 4 is 11.6 Å². The molecule has 1 amide bonds. The number of halogens is 2. The summed E-state index contributed by atoms with van der Waals surface area (Å²) in [6, 6.07) is 14.8. The summed E-state index contributed by atoms with van der Waals surface area (Å²) in [5, 5.41) is 6.67. The van der Waals surface area contributed by atoms with Crippen LogP contribution in [0.5, 0.6) is 11.5 Å². The Labute approximate surface area is 193 Å². The fourth-order valence-corrected chi connectivity index (χ4v) is 3.22. The highest BCUT2D eigenvalue weighted by molar-refractivity contribution is 5.92. The maximum atomic E-state index is 12.9. The van der Waals surface area contributed by atoms with Gasteiger partial charge in [0.1, 0.15) is 11.5 Å². The molecule has 2 aromatic heterocycles. The maximum absolute atomic E-state index is 12.9. The standard InChI is InChI=1S/C24H20F2N4O4/c1-32-18-5-2-15(3-6-18)19-14-17(4-7-20(19)33-24(25)26)28-21(31)8-9-22-29-23(30-34-22)16-10-12-27-13-11-16/h2-7,10-14,24H,8-9H2,1H3,(H,28,31). The van der Waals surface area contributed by atoms with E-state index in [1.165, 1.54) is 19.2 Å². The number of aryl methyl sites for hydroxylation is 1. The van der Waals surface area contributed by atoms with Gasteiger partial charge in [0.25, 0.3) is 0 Å². The Bertz CT molecular complexity index is 1250. The average Bonchev–Trinajstić information content (AvgIpc) is 3.33. The van der Waals surface area contributed by atoms with E-state index in [0.29, 0.717) is 34.3 Å². The van der Waals surface area contributed by atoms with Crippen LogP contribution in [0.4, 0.5) is 14.5 Å². The van der Waals surface area contributed by atoms with Crippen LogP contribution in [-0.4, -0.2) is 34.8 Å². The number of hydrogen-bond donors (Lipinski definition) is 1. The van der Waals surface area contributed by atoms with Gasteiger partial charge in [0.2, 0.25) is 17.6 Å². The molecule has 0 spiro atoms. The van der Waals surface area contributed by atoms with Crippen molar-refractivity contribution in [3.05, 3.63) is 72.9 Å². The van der Waals surface area contributed by atoms with E-state index in [1.807, 2.05) is 0 Å². The topological polar surface area (TPSA) is 99.4 Å². The number of carbonyl (C=O) groups is 1. The third-order valence-corrected chi connectivity index (χ3v) is 4.85. The van der Waals surface area contributed by atoms with Gasteiger partial charge in [-0.1, -0.05) is 17.3 Å². The Morgan fingerprint density at radius 2 is 1.82 bits per heavy atom. The molecule has 0 saturated carbocycles. The number of alkyl halides is 2. The molecule has 0 bridgehead atoms. The Morgan fingerprint density at radius 3 is 2.53 bits per heavy atom. The van der Waals surface area contributed by atoms with E-state index in [9.17, 15) is 13.6 Å². The van der Waals surface area contributed by atoms with Crippen molar-refractivity contribution in [2.75, 3.05) is 12.4 Å². The molecule has 10 heteroatoms. The molecule has 0 unspecified atom stereocenters. The molecule has 2 heterocycles. The fraction of sp³-hybridized carbons (Fsp3) is 0.167. The van der Waals surface area contributed by atoms with Gasteiger partial charge in [-0.2, -0.15) is 13.8 Å². The van der Waals surface area contributed by atoms with Gasteiger partial charge in [-0.3, -0.25) is 9.78 Å². The predicted molar refractivity (Wildman–Crippen MR) is 120 cm³/mol. The first-order chi connectivity index (χ1) is 16.5. The lowest BCUT2D eigenvalue weighted by Crippen LogP contribution is -2.12. The van der Waals surface area contributed by atoms with Crippen LogP contribution < -0.4 is 14.8 Å². The maximum Gasteiger partial charge on any atom is 0.387 e. The van der Waals surface area contributed by atoms with E-state index < -0.39 is 6.61 Å². The summed E-state index contributed by atoms with van der Waals surface area (Å²) in [5.74, 6) is 1.05. The monoisotopic (exact) mass is 466 g/mol. The van der Waals surface area contributed by atoms with Crippen LogP contribution in [0.1, 0.15) is 12.3 Å². The zero-order chi connectivity index (χ0) is 23.9. The number of amides is 1. The summed E-state index contributed by atoms with van der Waals surface area (Å²) in [6.07, 6.45) is 3.57. The number of hydrogen-bond acceptors (Lipinski definition) is 7. The Balaban J connectivity index is 1.44. The summed E-state index contributed by atoms with van der Waals surface area (Å²) in [6.45, 7) is -2.98. The molecule has 2 aromatic carbocycles. The first-order valence-electron chi connectivity index (χ1n) is 10.3. The molecule has 1 N–H and O–H groups in total. The Morgan fingerprint density at radius 1 is 1.06 bits per heavy atom. The number of carbonyl (C=O) groups excluding carboxylic acids is 1. The van der Waals surface area contributed by atoms with Crippen molar-refractivity contribution in [1.29, 1.82) is 0 Å². The predicted octanol–water partition coefficient (Wildman–Crippen LogP) is 4.98. The zero-order valence-corrected chi connectivity index (χ0v) is 18.1. The molecule has 0 atom stereocenters. The minimum absolute atomic E-state index is 0.00679. The highest BCUT2D eigenvalue weighted by Crippen LogP contribution is 2.34. The van der Waals surface area contributed by atoms with E-state index in [-0.39, 0.29) is 24.5 Å². The third-order valence-electron chi connectivity index (χ3n) is 4.85. The molecular weight excluding hydrogens is 446 g/mol. The van der Waals surface area contributed by atoms with Gasteiger partial charge in [-0.15, -0.1) is 0 Å². The average molecular weight is 466 g/mol. The number of ether oxygens (including phenoxy) is 2. The normalized spacial score (nSPS) is 10.8. The van der Waals surface area contributed by atoms with Gasteiger partial charge < -0.3 is 19.3 Å². The van der Waals surface area contributed by atoms with Gasteiger partial charge >= 0.3 is 6.61 Å². The number of pyridine rings is 1. The molecule has 0 saturated heterocycles. The second kappa shape index (κ2) is 10.5. The number of nitrogens with one attached hydrogen (secondary N) is 1. The number of methoxy groups -OCH3 is 1. The van der Waals surface area contributed by atoms with Crippen LogP contribution in [0.2, 0.25) is 0 Å². The van der Waals surface area contributed by atoms with Gasteiger partial charge in [-0.25, -0.2) is 0 Å². The Kier molecular flexibility index (Phi) is 7.07. The number of benzene rings is 2. The first-order valence-corrected chi connectivity index (χ1v) is 10.3. The fourth-order valence-electron chi connectivity index (χ4n) is 3.22. The van der Waals surface area contributed by atoms with Crippen LogP contribution in [0.25, 0.3) is 22.5 Å². The van der Waals surface area contributed by atoms with Gasteiger partial charge in [-0.05, 0) is 48.0 Å². The lowest BCUT2D eigenvalue weighted by atomic mass is 10.0. The third kappa shape index (κ3) is 5.71. The van der Waals surface area contributed by atoms with Crippen molar-refractivity contribution in [2.45, 2.75) is 19.5 Å². The van der Waals surface area contributed by atoms with Crippen molar-refractivity contribution in [1.82, 2.24) is 15.1 Å². The van der Waals surface area contributed by atoms with Crippen molar-refractivity contribution in [3.8, 4) is 34.0 Å². The number of anilines is 1. The van der Waals surface area contributed by atoms with E-state index in [1.54, 1.807) is 54.9 Å². The smallest absolute Gasteiger partial charge is 0.387 e. The molecule has 34 heavy (non-hydrogen) atoms. The quantitative estimate of drug-likeness (QED) is 0.371. The minimum Gasteiger partial charge on any atom is -0.497 e. The van der Waals surface area contributed by atoms with E-state index in [0.717, 1.165) is 5.56 Å². The molecule has 174 valence electrons. The van der Waals surface area contributed by atoms with Crippen LogP contribution in [0.3, 0.4) is 0 Å². The van der Waals surface area contributed by atoms with Crippen molar-refractivity contribution in [3.63, 3.8) is 0 Å². The molecular formula is C24H20F2N4O4. The van der Waals surface area contributed by atoms with Crippen LogP contribution >= 0.6 is 0 Å². The van der Waals surface area contributed by atoms with Crippen molar-refractivity contribution in [2.24, 2.45) is 0 Å². The highest BCUT2D eigenvalue weighted by Gasteiger charge is 2.15. The lowest BCUT2D eigenvalue weighted by Gasteiger charge is -2.14. The van der Waals surface area contributed by atoms with Gasteiger partial charge in [0.15, 0.2) is 0 Å². The number of nitrogens with zero attached hydrogens (tertiary/aromatic N) is 3. The summed E-state index contributed by atoms with van der Waals surface area (Å²) >= 11 is 0. The molecule has 8 nitrogen and oxygen atoms in total. The van der Waals surface area contributed by atoms with Crippen molar-refractivity contribution < 1.29 is 27.6 Å². The summed E-state index contributed by atoms with van der Waals surface area (Å²) in [5.41, 5.74) is 2.22. The SMILES string of the molecule is COc1ccc(-c2cc(NC(=O)CCc3nc(-c4ccncc4)no3)ccc2OC(F)F)cc1. The summed E-state index contributed by atoms with van der Waals surface area (Å²) < 4.78 is 40.8. The highest BCUT2D eigenvalue weighted by atomic mass is 19.3. The van der Waals surface area contributed by atoms with E-state index in [2.05, 4.69) is 25.2 Å². The molecule has 4 rings (SSSR count). The number of rotatable bonds is 9. The molecule has 0 radical (unpaired) electrons. The zero-order valence-electron chi connectivity index (χ0n) is 18.1.